The van der Waals surface area contributed by atoms with Crippen molar-refractivity contribution >= 4 is 40.1 Å². The highest BCUT2D eigenvalue weighted by Gasteiger charge is 2.26. The van der Waals surface area contributed by atoms with Gasteiger partial charge in [0.25, 0.3) is 5.91 Å². The number of nitriles is 1. The lowest BCUT2D eigenvalue weighted by Crippen LogP contribution is -2.16. The van der Waals surface area contributed by atoms with Gasteiger partial charge in [0.05, 0.1) is 17.0 Å². The Morgan fingerprint density at radius 2 is 1.87 bits per heavy atom. The molecular weight excluding hydrogens is 400 g/mol. The number of hydrogen-bond acceptors (Lipinski definition) is 6. The van der Waals surface area contributed by atoms with Gasteiger partial charge in [0, 0.05) is 0 Å². The third kappa shape index (κ3) is 5.22. The molecule has 156 valence electrons. The van der Waals surface area contributed by atoms with Crippen molar-refractivity contribution in [2.24, 2.45) is 0 Å². The van der Waals surface area contributed by atoms with E-state index in [1.165, 1.54) is 13.0 Å². The summed E-state index contributed by atoms with van der Waals surface area (Å²) < 4.78 is 5.06. The van der Waals surface area contributed by atoms with E-state index >= 15 is 0 Å². The predicted octanol–water partition coefficient (Wildman–Crippen LogP) is 5.10. The highest BCUT2D eigenvalue weighted by molar-refractivity contribution is 7.18. The zero-order valence-electron chi connectivity index (χ0n) is 17.7. The predicted molar refractivity (Wildman–Crippen MR) is 118 cm³/mol. The van der Waals surface area contributed by atoms with Crippen LogP contribution in [0.3, 0.4) is 0 Å². The van der Waals surface area contributed by atoms with Gasteiger partial charge in [-0.05, 0) is 49.5 Å². The first kappa shape index (κ1) is 23.0. The van der Waals surface area contributed by atoms with Crippen LogP contribution in [0.1, 0.15) is 70.3 Å². The number of thiophene rings is 1. The van der Waals surface area contributed by atoms with Crippen LogP contribution < -0.4 is 5.32 Å². The second kappa shape index (κ2) is 9.99. The van der Waals surface area contributed by atoms with Crippen LogP contribution in [0.4, 0.5) is 5.00 Å². The van der Waals surface area contributed by atoms with Crippen molar-refractivity contribution in [2.75, 3.05) is 11.9 Å². The topological polar surface area (TPSA) is 96.3 Å². The number of amides is 1. The van der Waals surface area contributed by atoms with Crippen molar-refractivity contribution in [2.45, 2.75) is 40.5 Å². The number of ketones is 1. The average Bonchev–Trinajstić information content (AvgIpc) is 3.02. The van der Waals surface area contributed by atoms with Gasteiger partial charge in [-0.25, -0.2) is 4.79 Å². The van der Waals surface area contributed by atoms with E-state index in [0.29, 0.717) is 21.9 Å². The average molecular weight is 425 g/mol. The fraction of sp³-hybridized carbons (Fsp3) is 0.304. The summed E-state index contributed by atoms with van der Waals surface area (Å²) in [5.41, 5.74) is 2.34. The lowest BCUT2D eigenvalue weighted by atomic mass is 10.0. The molecule has 0 unspecified atom stereocenters. The molecule has 6 nitrogen and oxygen atoms in total. The SMILES string of the molecule is CCOC(=O)c1c(NC(=O)/C(C#N)=C/c2ccc(C(C)C)cc2)sc(C(C)=O)c1C. The zero-order valence-corrected chi connectivity index (χ0v) is 18.5. The second-order valence-corrected chi connectivity index (χ2v) is 8.00. The largest absolute Gasteiger partial charge is 0.462 e. The number of anilines is 1. The summed E-state index contributed by atoms with van der Waals surface area (Å²) in [4.78, 5) is 37.3. The maximum Gasteiger partial charge on any atom is 0.341 e. The Bertz CT molecular complexity index is 1040. The van der Waals surface area contributed by atoms with Gasteiger partial charge in [-0.3, -0.25) is 9.59 Å². The van der Waals surface area contributed by atoms with Crippen LogP contribution in [-0.2, 0) is 9.53 Å². The third-order valence-corrected chi connectivity index (χ3v) is 5.76. The van der Waals surface area contributed by atoms with Gasteiger partial charge < -0.3 is 10.1 Å². The first-order chi connectivity index (χ1) is 14.2. The van der Waals surface area contributed by atoms with E-state index in [1.807, 2.05) is 30.3 Å². The third-order valence-electron chi connectivity index (χ3n) is 4.45. The summed E-state index contributed by atoms with van der Waals surface area (Å²) in [6.07, 6.45) is 1.48. The fourth-order valence-corrected chi connectivity index (χ4v) is 3.93. The molecule has 0 radical (unpaired) electrons. The van der Waals surface area contributed by atoms with Crippen LogP contribution in [-0.4, -0.2) is 24.3 Å². The van der Waals surface area contributed by atoms with E-state index in [0.717, 1.165) is 16.9 Å². The van der Waals surface area contributed by atoms with Crippen molar-refractivity contribution in [3.05, 3.63) is 57.0 Å². The summed E-state index contributed by atoms with van der Waals surface area (Å²) in [5.74, 6) is -1.13. The van der Waals surface area contributed by atoms with Gasteiger partial charge in [-0.1, -0.05) is 38.1 Å². The second-order valence-electron chi connectivity index (χ2n) is 6.98. The smallest absolute Gasteiger partial charge is 0.341 e. The van der Waals surface area contributed by atoms with Gasteiger partial charge in [-0.15, -0.1) is 11.3 Å². The Morgan fingerprint density at radius 3 is 2.37 bits per heavy atom. The molecule has 0 aliphatic carbocycles. The van der Waals surface area contributed by atoms with Crippen LogP contribution in [0.25, 0.3) is 6.08 Å². The Balaban J connectivity index is 2.37. The van der Waals surface area contributed by atoms with E-state index in [9.17, 15) is 19.6 Å². The molecule has 1 N–H and O–H groups in total. The molecule has 0 fully saturated rings. The molecule has 0 aliphatic rings. The molecule has 7 heteroatoms. The normalized spacial score (nSPS) is 11.2. The number of rotatable bonds is 7. The molecule has 1 heterocycles. The summed E-state index contributed by atoms with van der Waals surface area (Å²) in [6, 6.07) is 9.47. The molecule has 0 bridgehead atoms. The molecular formula is C23H24N2O4S. The standard InChI is InChI=1S/C23H24N2O4S/c1-6-29-23(28)19-14(4)20(15(5)26)30-22(19)25-21(27)18(12-24)11-16-7-9-17(10-8-16)13(2)3/h7-11,13H,6H2,1-5H3,(H,25,27)/b18-11+. The number of nitrogens with zero attached hydrogens (tertiary/aromatic N) is 1. The molecule has 30 heavy (non-hydrogen) atoms. The molecule has 0 atom stereocenters. The minimum atomic E-state index is -0.660. The Hall–Kier alpha value is -3.24. The van der Waals surface area contributed by atoms with Crippen LogP contribution in [0, 0.1) is 18.3 Å². The molecule has 1 amide bonds. The number of carbonyl (C=O) groups excluding carboxylic acids is 3. The Morgan fingerprint density at radius 1 is 1.23 bits per heavy atom. The number of esters is 1. The van der Waals surface area contributed by atoms with E-state index in [2.05, 4.69) is 19.2 Å². The molecule has 0 saturated heterocycles. The molecule has 0 spiro atoms. The quantitative estimate of drug-likeness (QED) is 0.288. The molecule has 1 aromatic heterocycles. The lowest BCUT2D eigenvalue weighted by molar-refractivity contribution is -0.112. The maximum atomic E-state index is 12.7. The molecule has 1 aromatic carbocycles. The summed E-state index contributed by atoms with van der Waals surface area (Å²) >= 11 is 0.997. The van der Waals surface area contributed by atoms with Crippen LogP contribution >= 0.6 is 11.3 Å². The van der Waals surface area contributed by atoms with Crippen LogP contribution in [0.15, 0.2) is 29.8 Å². The first-order valence-corrected chi connectivity index (χ1v) is 10.4. The summed E-state index contributed by atoms with van der Waals surface area (Å²) in [5, 5.41) is 12.3. The van der Waals surface area contributed by atoms with Crippen molar-refractivity contribution in [3.8, 4) is 6.07 Å². The van der Waals surface area contributed by atoms with Gasteiger partial charge >= 0.3 is 5.97 Å². The zero-order chi connectivity index (χ0) is 22.4. The Labute approximate surface area is 180 Å². The molecule has 2 aromatic rings. The van der Waals surface area contributed by atoms with Crippen molar-refractivity contribution in [1.29, 1.82) is 5.26 Å². The van der Waals surface area contributed by atoms with Gasteiger partial charge in [0.1, 0.15) is 16.6 Å². The Kier molecular flexibility index (Phi) is 7.67. The number of Topliss-reactive ketones (excluding diaryl/α,β-unsaturated/α-hetero) is 1. The highest BCUT2D eigenvalue weighted by Crippen LogP contribution is 2.34. The maximum absolute atomic E-state index is 12.7. The monoisotopic (exact) mass is 424 g/mol. The molecule has 0 saturated carbocycles. The minimum absolute atomic E-state index is 0.113. The number of carbonyl (C=O) groups is 3. The number of ether oxygens (including phenoxy) is 1. The number of nitrogens with one attached hydrogen (secondary N) is 1. The van der Waals surface area contributed by atoms with Crippen LogP contribution in [0.5, 0.6) is 0 Å². The van der Waals surface area contributed by atoms with E-state index in [-0.39, 0.29) is 28.5 Å². The summed E-state index contributed by atoms with van der Waals surface area (Å²) in [6.45, 7) is 9.02. The lowest BCUT2D eigenvalue weighted by Gasteiger charge is -2.07. The molecule has 0 aliphatic heterocycles. The van der Waals surface area contributed by atoms with Crippen molar-refractivity contribution in [3.63, 3.8) is 0 Å². The van der Waals surface area contributed by atoms with Gasteiger partial charge in [0.2, 0.25) is 0 Å². The number of hydrogen-bond donors (Lipinski definition) is 1. The van der Waals surface area contributed by atoms with E-state index in [4.69, 9.17) is 4.74 Å². The van der Waals surface area contributed by atoms with Gasteiger partial charge in [-0.2, -0.15) is 5.26 Å². The van der Waals surface area contributed by atoms with Crippen molar-refractivity contribution in [1.82, 2.24) is 0 Å². The number of benzene rings is 1. The molecule has 2 rings (SSSR count). The van der Waals surface area contributed by atoms with Crippen molar-refractivity contribution < 1.29 is 19.1 Å². The highest BCUT2D eigenvalue weighted by atomic mass is 32.1. The minimum Gasteiger partial charge on any atom is -0.462 e. The van der Waals surface area contributed by atoms with Gasteiger partial charge in [0.15, 0.2) is 5.78 Å². The summed E-state index contributed by atoms with van der Waals surface area (Å²) in [7, 11) is 0. The first-order valence-electron chi connectivity index (χ1n) is 9.54. The fourth-order valence-electron chi connectivity index (χ4n) is 2.85. The van der Waals surface area contributed by atoms with Crippen LogP contribution in [0.2, 0.25) is 0 Å². The van der Waals surface area contributed by atoms with E-state index < -0.39 is 11.9 Å². The van der Waals surface area contributed by atoms with E-state index in [1.54, 1.807) is 13.8 Å².